The fourth-order valence-electron chi connectivity index (χ4n) is 5.34. The molecule has 0 bridgehead atoms. The van der Waals surface area contributed by atoms with E-state index in [1.807, 2.05) is 84.9 Å². The molecule has 2 heterocycles. The van der Waals surface area contributed by atoms with Gasteiger partial charge in [0.15, 0.2) is 16.3 Å². The molecule has 0 radical (unpaired) electrons. The molecule has 1 aromatic heterocycles. The normalized spacial score (nSPS) is 14.3. The Balaban J connectivity index is 1.42. The zero-order valence-corrected chi connectivity index (χ0v) is 28.8. The van der Waals surface area contributed by atoms with E-state index in [0.717, 1.165) is 5.56 Å². The number of amides is 1. The van der Waals surface area contributed by atoms with Crippen molar-refractivity contribution >= 4 is 56.5 Å². The molecule has 0 saturated carbocycles. The van der Waals surface area contributed by atoms with E-state index in [4.69, 9.17) is 30.8 Å². The average Bonchev–Trinajstić information content (AvgIpc) is 3.37. The highest BCUT2D eigenvalue weighted by atomic mass is 79.9. The first kappa shape index (κ1) is 32.3. The molecule has 0 saturated heterocycles. The number of anilines is 1. The molecule has 5 aromatic rings. The summed E-state index contributed by atoms with van der Waals surface area (Å²) in [4.78, 5) is 33.2. The number of nitrogens with zero attached hydrogens (tertiary/aromatic N) is 2. The molecule has 1 aliphatic rings. The number of ether oxygens (including phenoxy) is 3. The van der Waals surface area contributed by atoms with Crippen molar-refractivity contribution in [2.45, 2.75) is 19.6 Å². The zero-order valence-electron chi connectivity index (χ0n) is 25.6. The third kappa shape index (κ3) is 6.76. The van der Waals surface area contributed by atoms with E-state index >= 15 is 0 Å². The molecule has 1 atom stereocenters. The second-order valence-corrected chi connectivity index (χ2v) is 12.9. The molecule has 4 aromatic carbocycles. The number of thiazole rings is 1. The van der Waals surface area contributed by atoms with Crippen LogP contribution in [0.1, 0.15) is 29.7 Å². The molecule has 1 aliphatic heterocycles. The fourth-order valence-corrected chi connectivity index (χ4v) is 7.15. The maximum Gasteiger partial charge on any atom is 0.271 e. The Morgan fingerprint density at radius 3 is 2.53 bits per heavy atom. The van der Waals surface area contributed by atoms with Gasteiger partial charge in [-0.25, -0.2) is 4.99 Å². The minimum atomic E-state index is -0.742. The summed E-state index contributed by atoms with van der Waals surface area (Å²) in [5.41, 5.74) is 3.50. The van der Waals surface area contributed by atoms with Crippen molar-refractivity contribution in [1.29, 1.82) is 0 Å². The van der Waals surface area contributed by atoms with Gasteiger partial charge in [-0.3, -0.25) is 14.2 Å². The van der Waals surface area contributed by atoms with Crippen LogP contribution < -0.4 is 34.4 Å². The van der Waals surface area contributed by atoms with Gasteiger partial charge in [0.25, 0.3) is 11.5 Å². The number of fused-ring (bicyclic) bond motifs is 1. The van der Waals surface area contributed by atoms with E-state index in [1.54, 1.807) is 37.9 Å². The van der Waals surface area contributed by atoms with Crippen LogP contribution in [0, 0.1) is 0 Å². The minimum Gasteiger partial charge on any atom is -0.497 e. The summed E-state index contributed by atoms with van der Waals surface area (Å²) in [5, 5.41) is 3.58. The molecular formula is C36H29BrClN3O5S. The number of methoxy groups -OCH3 is 2. The van der Waals surface area contributed by atoms with Gasteiger partial charge in [0.05, 0.1) is 40.5 Å². The predicted octanol–water partition coefficient (Wildman–Crippen LogP) is 6.89. The first-order valence-corrected chi connectivity index (χ1v) is 16.5. The van der Waals surface area contributed by atoms with Crippen LogP contribution in [0.4, 0.5) is 5.69 Å². The highest BCUT2D eigenvalue weighted by molar-refractivity contribution is 9.10. The molecule has 6 rings (SSSR count). The van der Waals surface area contributed by atoms with Gasteiger partial charge in [0.2, 0.25) is 0 Å². The number of carbonyl (C=O) groups is 1. The summed E-state index contributed by atoms with van der Waals surface area (Å²) in [5.74, 6) is 1.25. The molecule has 238 valence electrons. The lowest BCUT2D eigenvalue weighted by molar-refractivity contribution is -0.113. The first-order chi connectivity index (χ1) is 22.8. The Morgan fingerprint density at radius 2 is 1.79 bits per heavy atom. The molecule has 0 aliphatic carbocycles. The second kappa shape index (κ2) is 14.0. The molecule has 0 spiro atoms. The maximum absolute atomic E-state index is 14.2. The van der Waals surface area contributed by atoms with Crippen molar-refractivity contribution in [2.24, 2.45) is 4.99 Å². The van der Waals surface area contributed by atoms with E-state index in [9.17, 15) is 9.59 Å². The molecule has 8 nitrogen and oxygen atoms in total. The average molecular weight is 731 g/mol. The first-order valence-electron chi connectivity index (χ1n) is 14.5. The molecule has 0 unspecified atom stereocenters. The molecule has 1 amide bonds. The molecule has 47 heavy (non-hydrogen) atoms. The van der Waals surface area contributed by atoms with Gasteiger partial charge in [-0.05, 0) is 82.5 Å². The number of benzene rings is 4. The number of hydrogen-bond donors (Lipinski definition) is 1. The molecule has 1 N–H and O–H groups in total. The van der Waals surface area contributed by atoms with Gasteiger partial charge in [-0.15, -0.1) is 0 Å². The number of halogens is 2. The van der Waals surface area contributed by atoms with Crippen LogP contribution in [0.15, 0.2) is 117 Å². The number of aromatic nitrogens is 1. The quantitative estimate of drug-likeness (QED) is 0.179. The Bertz CT molecular complexity index is 2200. The predicted molar refractivity (Wildman–Crippen MR) is 188 cm³/mol. The van der Waals surface area contributed by atoms with Gasteiger partial charge in [-0.1, -0.05) is 71.5 Å². The van der Waals surface area contributed by atoms with Crippen molar-refractivity contribution < 1.29 is 19.0 Å². The minimum absolute atomic E-state index is 0.246. The second-order valence-electron chi connectivity index (χ2n) is 10.6. The molecule has 0 fully saturated rings. The number of para-hydroxylation sites is 1. The van der Waals surface area contributed by atoms with Gasteiger partial charge in [0.1, 0.15) is 12.4 Å². The highest BCUT2D eigenvalue weighted by Crippen LogP contribution is 2.38. The van der Waals surface area contributed by atoms with Crippen LogP contribution in [0.3, 0.4) is 0 Å². The zero-order chi connectivity index (χ0) is 33.1. The smallest absolute Gasteiger partial charge is 0.271 e. The van der Waals surface area contributed by atoms with Crippen LogP contribution in [0.25, 0.3) is 6.08 Å². The highest BCUT2D eigenvalue weighted by Gasteiger charge is 2.33. The van der Waals surface area contributed by atoms with Gasteiger partial charge in [-0.2, -0.15) is 0 Å². The van der Waals surface area contributed by atoms with E-state index < -0.39 is 6.04 Å². The van der Waals surface area contributed by atoms with Crippen LogP contribution >= 0.6 is 38.9 Å². The summed E-state index contributed by atoms with van der Waals surface area (Å²) in [7, 11) is 3.13. The monoisotopic (exact) mass is 729 g/mol. The SMILES string of the molecule is COc1cccc([C@H]2C(C(=O)Nc3ccccc3)=C(C)N=c3s/c(=C\c4cc(Br)c(OCc5ccccc5Cl)c(OC)c4)c(=O)n32)c1. The van der Waals surface area contributed by atoms with Gasteiger partial charge in [0, 0.05) is 16.3 Å². The summed E-state index contributed by atoms with van der Waals surface area (Å²) in [6.45, 7) is 2.03. The van der Waals surface area contributed by atoms with E-state index in [1.165, 1.54) is 11.3 Å². The third-order valence-corrected chi connectivity index (χ3v) is 9.53. The summed E-state index contributed by atoms with van der Waals surface area (Å²) >= 11 is 11.2. The topological polar surface area (TPSA) is 91.2 Å². The lowest BCUT2D eigenvalue weighted by Gasteiger charge is -2.25. The Hall–Kier alpha value is -4.64. The Kier molecular flexibility index (Phi) is 9.63. The van der Waals surface area contributed by atoms with Crippen LogP contribution in [-0.4, -0.2) is 24.7 Å². The number of carbonyl (C=O) groups excluding carboxylic acids is 1. The third-order valence-electron chi connectivity index (χ3n) is 7.59. The number of nitrogens with one attached hydrogen (secondary N) is 1. The van der Waals surface area contributed by atoms with Gasteiger partial charge >= 0.3 is 0 Å². The number of allylic oxidation sites excluding steroid dienone is 1. The lowest BCUT2D eigenvalue weighted by atomic mass is 9.95. The summed E-state index contributed by atoms with van der Waals surface area (Å²) in [6, 6.07) is 26.9. The van der Waals surface area contributed by atoms with Crippen molar-refractivity contribution in [3.8, 4) is 17.2 Å². The van der Waals surface area contributed by atoms with Gasteiger partial charge < -0.3 is 19.5 Å². The fraction of sp³-hybridized carbons (Fsp3) is 0.139. The van der Waals surface area contributed by atoms with E-state index in [-0.39, 0.29) is 18.1 Å². The van der Waals surface area contributed by atoms with Crippen molar-refractivity contribution in [2.75, 3.05) is 19.5 Å². The lowest BCUT2D eigenvalue weighted by Crippen LogP contribution is -2.40. The van der Waals surface area contributed by atoms with Crippen molar-refractivity contribution in [1.82, 2.24) is 4.57 Å². The van der Waals surface area contributed by atoms with Crippen molar-refractivity contribution in [3.63, 3.8) is 0 Å². The molecular weight excluding hydrogens is 702 g/mol. The summed E-state index contributed by atoms with van der Waals surface area (Å²) in [6.07, 6.45) is 1.78. The van der Waals surface area contributed by atoms with Crippen LogP contribution in [0.5, 0.6) is 17.2 Å². The van der Waals surface area contributed by atoms with E-state index in [0.29, 0.717) is 64.2 Å². The Labute approximate surface area is 288 Å². The Morgan fingerprint density at radius 1 is 1.02 bits per heavy atom. The standard InChI is InChI=1S/C36H29BrClN3O5S/c1-21-31(34(42)40-25-12-5-4-6-13-25)32(23-11-9-14-26(19-23)44-2)41-35(43)30(47-36(41)39-21)18-22-16-27(37)33(29(17-22)45-3)46-20-24-10-7-8-15-28(24)38/h4-19,32H,20H2,1-3H3,(H,40,42)/b30-18-/t32-/m0/s1. The van der Waals surface area contributed by atoms with E-state index in [2.05, 4.69) is 21.2 Å². The van der Waals surface area contributed by atoms with Crippen molar-refractivity contribution in [3.05, 3.63) is 148 Å². The molecule has 11 heteroatoms. The van der Waals surface area contributed by atoms with Crippen LogP contribution in [-0.2, 0) is 11.4 Å². The number of rotatable bonds is 9. The maximum atomic E-state index is 14.2. The van der Waals surface area contributed by atoms with Crippen LogP contribution in [0.2, 0.25) is 5.02 Å². The number of hydrogen-bond acceptors (Lipinski definition) is 7. The largest absolute Gasteiger partial charge is 0.497 e. The summed E-state index contributed by atoms with van der Waals surface area (Å²) < 4.78 is 19.9.